The van der Waals surface area contributed by atoms with Crippen LogP contribution in [0.4, 0.5) is 0 Å². The van der Waals surface area contributed by atoms with E-state index in [2.05, 4.69) is 32.9 Å². The Kier molecular flexibility index (Phi) is 1.24. The first-order chi connectivity index (χ1) is 3.72. The highest BCUT2D eigenvalue weighted by molar-refractivity contribution is 5.30. The van der Waals surface area contributed by atoms with Crippen molar-refractivity contribution < 1.29 is 0 Å². The van der Waals surface area contributed by atoms with Gasteiger partial charge in [-0.05, 0) is 19.8 Å². The Morgan fingerprint density at radius 1 is 1.12 bits per heavy atom. The van der Waals surface area contributed by atoms with Crippen molar-refractivity contribution in [3.05, 3.63) is 23.3 Å². The zero-order chi connectivity index (χ0) is 6.15. The zero-order valence-electron chi connectivity index (χ0n) is 5.73. The van der Waals surface area contributed by atoms with Crippen LogP contribution < -0.4 is 0 Å². The maximum absolute atomic E-state index is 2.24. The Bertz CT molecular complexity index is 131. The van der Waals surface area contributed by atoms with Crippen LogP contribution in [0.25, 0.3) is 0 Å². The highest BCUT2D eigenvalue weighted by atomic mass is 14.1. The van der Waals surface area contributed by atoms with E-state index in [1.807, 2.05) is 0 Å². The SMILES string of the molecule is CC1=CC=C(C)C1C. The average Bonchev–Trinajstić information content (AvgIpc) is 1.98. The second-order valence-corrected chi connectivity index (χ2v) is 2.54. The molecule has 8 heavy (non-hydrogen) atoms. The van der Waals surface area contributed by atoms with Crippen LogP contribution in [0.15, 0.2) is 23.3 Å². The van der Waals surface area contributed by atoms with Crippen molar-refractivity contribution in [3.63, 3.8) is 0 Å². The van der Waals surface area contributed by atoms with Crippen molar-refractivity contribution >= 4 is 0 Å². The van der Waals surface area contributed by atoms with Gasteiger partial charge in [-0.25, -0.2) is 0 Å². The zero-order valence-corrected chi connectivity index (χ0v) is 5.73. The Balaban J connectivity index is 2.75. The maximum Gasteiger partial charge on any atom is -0.00207 e. The van der Waals surface area contributed by atoms with E-state index < -0.39 is 0 Å². The molecule has 0 amide bonds. The fourth-order valence-electron chi connectivity index (χ4n) is 0.911. The van der Waals surface area contributed by atoms with Crippen LogP contribution in [0, 0.1) is 5.92 Å². The van der Waals surface area contributed by atoms with Crippen LogP contribution in [0.2, 0.25) is 0 Å². The molecule has 0 spiro atoms. The predicted octanol–water partition coefficient (Wildman–Crippen LogP) is 2.53. The summed E-state index contributed by atoms with van der Waals surface area (Å²) in [5, 5.41) is 0. The van der Waals surface area contributed by atoms with Crippen LogP contribution in [-0.4, -0.2) is 0 Å². The molecular formula is C8H12. The molecule has 0 N–H and O–H groups in total. The summed E-state index contributed by atoms with van der Waals surface area (Å²) >= 11 is 0. The quantitative estimate of drug-likeness (QED) is 0.447. The first-order valence-corrected chi connectivity index (χ1v) is 3.07. The first kappa shape index (κ1) is 5.61. The number of rotatable bonds is 0. The minimum atomic E-state index is 0.704. The monoisotopic (exact) mass is 108 g/mol. The van der Waals surface area contributed by atoms with Gasteiger partial charge in [0.1, 0.15) is 0 Å². The number of hydrogen-bond acceptors (Lipinski definition) is 0. The summed E-state index contributed by atoms with van der Waals surface area (Å²) in [7, 11) is 0. The lowest BCUT2D eigenvalue weighted by atomic mass is 10.0. The third-order valence-electron chi connectivity index (χ3n) is 1.98. The molecule has 1 rings (SSSR count). The summed E-state index contributed by atoms with van der Waals surface area (Å²) in [6, 6.07) is 0. The van der Waals surface area contributed by atoms with E-state index in [1.165, 1.54) is 11.1 Å². The summed E-state index contributed by atoms with van der Waals surface area (Å²) in [4.78, 5) is 0. The normalized spacial score (nSPS) is 20.9. The molecule has 0 aliphatic heterocycles. The second-order valence-electron chi connectivity index (χ2n) is 2.54. The van der Waals surface area contributed by atoms with Gasteiger partial charge in [-0.1, -0.05) is 30.2 Å². The van der Waals surface area contributed by atoms with Crippen molar-refractivity contribution in [3.8, 4) is 0 Å². The van der Waals surface area contributed by atoms with E-state index in [0.717, 1.165) is 0 Å². The van der Waals surface area contributed by atoms with Crippen LogP contribution in [-0.2, 0) is 0 Å². The van der Waals surface area contributed by atoms with Gasteiger partial charge in [0.05, 0.1) is 0 Å². The topological polar surface area (TPSA) is 0 Å². The van der Waals surface area contributed by atoms with E-state index in [1.54, 1.807) is 0 Å². The van der Waals surface area contributed by atoms with E-state index in [9.17, 15) is 0 Å². The smallest absolute Gasteiger partial charge is 0.00207 e. The van der Waals surface area contributed by atoms with Crippen LogP contribution in [0.3, 0.4) is 0 Å². The summed E-state index contributed by atoms with van der Waals surface area (Å²) in [6.07, 6.45) is 4.39. The molecule has 1 aliphatic carbocycles. The molecule has 0 radical (unpaired) electrons. The van der Waals surface area contributed by atoms with Crippen molar-refractivity contribution in [1.82, 2.24) is 0 Å². The van der Waals surface area contributed by atoms with Gasteiger partial charge in [0.2, 0.25) is 0 Å². The van der Waals surface area contributed by atoms with Crippen LogP contribution >= 0.6 is 0 Å². The molecule has 0 aromatic heterocycles. The standard InChI is InChI=1S/C8H12/c1-6-4-5-7(2)8(6)3/h4-5,8H,1-3H3. The molecule has 44 valence electrons. The number of hydrogen-bond donors (Lipinski definition) is 0. The second kappa shape index (κ2) is 1.77. The molecule has 0 unspecified atom stereocenters. The minimum absolute atomic E-state index is 0.704. The summed E-state index contributed by atoms with van der Waals surface area (Å²) in [6.45, 7) is 6.60. The number of allylic oxidation sites excluding steroid dienone is 4. The lowest BCUT2D eigenvalue weighted by Crippen LogP contribution is -1.91. The lowest BCUT2D eigenvalue weighted by Gasteiger charge is -2.04. The highest BCUT2D eigenvalue weighted by Gasteiger charge is 2.08. The van der Waals surface area contributed by atoms with E-state index in [-0.39, 0.29) is 0 Å². The van der Waals surface area contributed by atoms with Crippen LogP contribution in [0.5, 0.6) is 0 Å². The van der Waals surface area contributed by atoms with Crippen molar-refractivity contribution in [2.45, 2.75) is 20.8 Å². The van der Waals surface area contributed by atoms with Crippen molar-refractivity contribution in [2.75, 3.05) is 0 Å². The largest absolute Gasteiger partial charge is 0.0664 e. The van der Waals surface area contributed by atoms with Crippen molar-refractivity contribution in [2.24, 2.45) is 5.92 Å². The van der Waals surface area contributed by atoms with E-state index >= 15 is 0 Å². The molecule has 0 saturated heterocycles. The molecule has 0 saturated carbocycles. The molecular weight excluding hydrogens is 96.1 g/mol. The van der Waals surface area contributed by atoms with E-state index in [4.69, 9.17) is 0 Å². The van der Waals surface area contributed by atoms with Crippen LogP contribution in [0.1, 0.15) is 20.8 Å². The molecule has 0 atom stereocenters. The Morgan fingerprint density at radius 3 is 1.62 bits per heavy atom. The third-order valence-corrected chi connectivity index (χ3v) is 1.98. The average molecular weight is 108 g/mol. The molecule has 0 nitrogen and oxygen atoms in total. The van der Waals surface area contributed by atoms with Gasteiger partial charge >= 0.3 is 0 Å². The molecule has 0 bridgehead atoms. The molecule has 0 aromatic carbocycles. The lowest BCUT2D eigenvalue weighted by molar-refractivity contribution is 0.821. The maximum atomic E-state index is 2.24. The summed E-state index contributed by atoms with van der Waals surface area (Å²) < 4.78 is 0. The summed E-state index contributed by atoms with van der Waals surface area (Å²) in [5.41, 5.74) is 2.98. The molecule has 0 fully saturated rings. The Morgan fingerprint density at radius 2 is 1.50 bits per heavy atom. The van der Waals surface area contributed by atoms with Gasteiger partial charge in [0, 0.05) is 0 Å². The highest BCUT2D eigenvalue weighted by Crippen LogP contribution is 2.24. The van der Waals surface area contributed by atoms with Gasteiger partial charge < -0.3 is 0 Å². The van der Waals surface area contributed by atoms with Gasteiger partial charge in [-0.15, -0.1) is 0 Å². The fraction of sp³-hybridized carbons (Fsp3) is 0.500. The van der Waals surface area contributed by atoms with Gasteiger partial charge in [0.25, 0.3) is 0 Å². The van der Waals surface area contributed by atoms with Gasteiger partial charge in [0.15, 0.2) is 0 Å². The van der Waals surface area contributed by atoms with Crippen molar-refractivity contribution in [1.29, 1.82) is 0 Å². The Labute approximate surface area is 50.9 Å². The molecule has 0 heteroatoms. The Hall–Kier alpha value is -0.520. The fourth-order valence-corrected chi connectivity index (χ4v) is 0.911. The van der Waals surface area contributed by atoms with Gasteiger partial charge in [-0.3, -0.25) is 0 Å². The summed E-state index contributed by atoms with van der Waals surface area (Å²) in [5.74, 6) is 0.704. The van der Waals surface area contributed by atoms with Gasteiger partial charge in [-0.2, -0.15) is 0 Å². The third kappa shape index (κ3) is 0.706. The molecule has 0 aromatic rings. The minimum Gasteiger partial charge on any atom is -0.0664 e. The molecule has 0 heterocycles. The first-order valence-electron chi connectivity index (χ1n) is 3.07. The predicted molar refractivity (Wildman–Crippen MR) is 36.7 cm³/mol. The molecule has 1 aliphatic rings. The van der Waals surface area contributed by atoms with E-state index in [0.29, 0.717) is 5.92 Å².